The van der Waals surface area contributed by atoms with Crippen LogP contribution in [0.4, 0.5) is 0 Å². The van der Waals surface area contributed by atoms with Gasteiger partial charge in [-0.1, -0.05) is 0 Å². The lowest BCUT2D eigenvalue weighted by atomic mass is 10.3. The molecule has 106 valence electrons. The number of nitrogens with one attached hydrogen (secondary N) is 1. The zero-order valence-electron chi connectivity index (χ0n) is 10.9. The predicted molar refractivity (Wildman–Crippen MR) is 70.4 cm³/mol. The average Bonchev–Trinajstić information content (AvgIpc) is 2.73. The minimum atomic E-state index is -3.61. The number of hydrogen-bond acceptors (Lipinski definition) is 5. The molecule has 1 amide bonds. The molecule has 0 aliphatic carbocycles. The van der Waals surface area contributed by atoms with Crippen molar-refractivity contribution in [3.63, 3.8) is 0 Å². The number of hydrogen-bond donors (Lipinski definition) is 1. The van der Waals surface area contributed by atoms with E-state index in [0.29, 0.717) is 13.1 Å². The molecular weight excluding hydrogens is 284 g/mol. The Morgan fingerprint density at radius 2 is 2.05 bits per heavy atom. The van der Waals surface area contributed by atoms with Crippen LogP contribution in [0.5, 0.6) is 0 Å². The summed E-state index contributed by atoms with van der Waals surface area (Å²) >= 11 is 0. The molecule has 8 nitrogen and oxygen atoms in total. The van der Waals surface area contributed by atoms with Gasteiger partial charge in [0.25, 0.3) is 11.5 Å². The van der Waals surface area contributed by atoms with E-state index in [4.69, 9.17) is 0 Å². The van der Waals surface area contributed by atoms with Gasteiger partial charge >= 0.3 is 0 Å². The normalized spacial score (nSPS) is 15.2. The molecule has 3 heterocycles. The first-order chi connectivity index (χ1) is 9.30. The fraction of sp³-hybridized carbons (Fsp3) is 0.364. The Morgan fingerprint density at radius 3 is 2.70 bits per heavy atom. The van der Waals surface area contributed by atoms with E-state index in [9.17, 15) is 18.0 Å². The van der Waals surface area contributed by atoms with Gasteiger partial charge in [0, 0.05) is 26.4 Å². The molecule has 2 aromatic rings. The number of carbonyl (C=O) groups excluding carboxylic acids is 1. The number of carbonyl (C=O) groups is 1. The predicted octanol–water partition coefficient (Wildman–Crippen LogP) is -1.12. The summed E-state index contributed by atoms with van der Waals surface area (Å²) < 4.78 is 26.3. The summed E-state index contributed by atoms with van der Waals surface area (Å²) in [6, 6.07) is 1.42. The second kappa shape index (κ2) is 3.92. The lowest BCUT2D eigenvalue weighted by molar-refractivity contribution is 0.0929. The molecule has 9 heteroatoms. The van der Waals surface area contributed by atoms with Gasteiger partial charge in [-0.25, -0.2) is 13.1 Å². The number of aryl methyl sites for hydroxylation is 1. The maximum atomic E-state index is 12.1. The Morgan fingerprint density at radius 1 is 1.35 bits per heavy atom. The highest BCUT2D eigenvalue weighted by atomic mass is 32.2. The maximum absolute atomic E-state index is 12.1. The van der Waals surface area contributed by atoms with Crippen molar-refractivity contribution in [2.45, 2.75) is 11.6 Å². The molecule has 0 atom stereocenters. The standard InChI is InChI=1S/C11H12N4O4S/c1-14-11(17)6-5-7-9(16)12-3-4-15(7)8(6)10(13-14)20(2,18)19/h5H,3-4H2,1-2H3,(H,12,16). The molecule has 0 bridgehead atoms. The van der Waals surface area contributed by atoms with Gasteiger partial charge in [-0.3, -0.25) is 9.59 Å². The SMILES string of the molecule is Cn1nc(S(C)(=O)=O)c2c(cc3n2CCNC3=O)c1=O. The highest BCUT2D eigenvalue weighted by Crippen LogP contribution is 2.24. The summed E-state index contributed by atoms with van der Waals surface area (Å²) in [5.41, 5.74) is 0.0591. The van der Waals surface area contributed by atoms with Gasteiger partial charge in [0.05, 0.1) is 10.9 Å². The fourth-order valence-electron chi connectivity index (χ4n) is 2.39. The summed E-state index contributed by atoms with van der Waals surface area (Å²) in [6.45, 7) is 0.788. The van der Waals surface area contributed by atoms with Crippen LogP contribution in [0.3, 0.4) is 0 Å². The highest BCUT2D eigenvalue weighted by molar-refractivity contribution is 7.90. The molecule has 20 heavy (non-hydrogen) atoms. The average molecular weight is 296 g/mol. The van der Waals surface area contributed by atoms with Crippen molar-refractivity contribution in [2.24, 2.45) is 7.05 Å². The summed E-state index contributed by atoms with van der Waals surface area (Å²) in [5.74, 6) is -0.325. The third-order valence-corrected chi connectivity index (χ3v) is 4.25. The van der Waals surface area contributed by atoms with Crippen molar-refractivity contribution >= 4 is 26.6 Å². The quantitative estimate of drug-likeness (QED) is 0.718. The molecule has 0 saturated heterocycles. The number of sulfone groups is 1. The molecular formula is C11H12N4O4S. The zero-order chi connectivity index (χ0) is 14.7. The van der Waals surface area contributed by atoms with Crippen LogP contribution < -0.4 is 10.9 Å². The number of aromatic nitrogens is 3. The van der Waals surface area contributed by atoms with Crippen molar-refractivity contribution in [3.05, 3.63) is 22.1 Å². The first kappa shape index (κ1) is 12.9. The molecule has 2 aromatic heterocycles. The third-order valence-electron chi connectivity index (χ3n) is 3.27. The van der Waals surface area contributed by atoms with E-state index in [1.54, 1.807) is 4.57 Å². The molecule has 0 unspecified atom stereocenters. The van der Waals surface area contributed by atoms with Crippen LogP contribution in [0.25, 0.3) is 10.9 Å². The van der Waals surface area contributed by atoms with Crippen molar-refractivity contribution < 1.29 is 13.2 Å². The molecule has 0 fully saturated rings. The number of nitrogens with zero attached hydrogens (tertiary/aromatic N) is 3. The monoisotopic (exact) mass is 296 g/mol. The molecule has 0 saturated carbocycles. The van der Waals surface area contributed by atoms with Crippen molar-refractivity contribution in [2.75, 3.05) is 12.8 Å². The Kier molecular flexibility index (Phi) is 2.52. The minimum Gasteiger partial charge on any atom is -0.349 e. The largest absolute Gasteiger partial charge is 0.349 e. The first-order valence-corrected chi connectivity index (χ1v) is 7.78. The van der Waals surface area contributed by atoms with Crippen LogP contribution in [0, 0.1) is 0 Å². The van der Waals surface area contributed by atoms with E-state index in [1.807, 2.05) is 0 Å². The van der Waals surface area contributed by atoms with E-state index < -0.39 is 15.4 Å². The van der Waals surface area contributed by atoms with E-state index in [2.05, 4.69) is 10.4 Å². The van der Waals surface area contributed by atoms with Gasteiger partial charge in [0.1, 0.15) is 5.69 Å². The summed E-state index contributed by atoms with van der Waals surface area (Å²) in [5, 5.41) is 6.50. The number of fused-ring (bicyclic) bond motifs is 3. The summed E-state index contributed by atoms with van der Waals surface area (Å²) in [6.07, 6.45) is 1.03. The molecule has 0 radical (unpaired) electrons. The van der Waals surface area contributed by atoms with Crippen LogP contribution in [-0.2, 0) is 23.4 Å². The van der Waals surface area contributed by atoms with Gasteiger partial charge in [-0.15, -0.1) is 0 Å². The van der Waals surface area contributed by atoms with E-state index in [-0.39, 0.29) is 27.5 Å². The summed E-state index contributed by atoms with van der Waals surface area (Å²) in [4.78, 5) is 23.9. The van der Waals surface area contributed by atoms with Crippen molar-refractivity contribution in [1.29, 1.82) is 0 Å². The topological polar surface area (TPSA) is 103 Å². The maximum Gasteiger partial charge on any atom is 0.276 e. The molecule has 1 aliphatic rings. The Labute approximate surface area is 113 Å². The number of rotatable bonds is 1. The van der Waals surface area contributed by atoms with Crippen LogP contribution in [0.15, 0.2) is 15.9 Å². The second-order valence-electron chi connectivity index (χ2n) is 4.71. The molecule has 1 aliphatic heterocycles. The second-order valence-corrected chi connectivity index (χ2v) is 6.64. The molecule has 0 aromatic carbocycles. The number of amides is 1. The lowest BCUT2D eigenvalue weighted by Crippen LogP contribution is -2.35. The zero-order valence-corrected chi connectivity index (χ0v) is 11.7. The highest BCUT2D eigenvalue weighted by Gasteiger charge is 2.27. The smallest absolute Gasteiger partial charge is 0.276 e. The third kappa shape index (κ3) is 1.66. The van der Waals surface area contributed by atoms with E-state index in [1.165, 1.54) is 13.1 Å². The lowest BCUT2D eigenvalue weighted by Gasteiger charge is -2.17. The van der Waals surface area contributed by atoms with Gasteiger partial charge in [-0.05, 0) is 6.07 Å². The Hall–Kier alpha value is -2.16. The molecule has 0 spiro atoms. The van der Waals surface area contributed by atoms with E-state index >= 15 is 0 Å². The molecule has 1 N–H and O–H groups in total. The van der Waals surface area contributed by atoms with Crippen LogP contribution in [0.2, 0.25) is 0 Å². The van der Waals surface area contributed by atoms with Crippen LogP contribution >= 0.6 is 0 Å². The summed E-state index contributed by atoms with van der Waals surface area (Å²) in [7, 11) is -2.23. The van der Waals surface area contributed by atoms with Gasteiger partial charge in [0.2, 0.25) is 0 Å². The Bertz CT molecular complexity index is 907. The van der Waals surface area contributed by atoms with Gasteiger partial charge in [-0.2, -0.15) is 5.10 Å². The fourth-order valence-corrected chi connectivity index (χ4v) is 3.23. The van der Waals surface area contributed by atoms with Crippen LogP contribution in [0.1, 0.15) is 10.5 Å². The van der Waals surface area contributed by atoms with Gasteiger partial charge < -0.3 is 9.88 Å². The van der Waals surface area contributed by atoms with Gasteiger partial charge in [0.15, 0.2) is 14.9 Å². The van der Waals surface area contributed by atoms with Crippen molar-refractivity contribution in [1.82, 2.24) is 19.7 Å². The first-order valence-electron chi connectivity index (χ1n) is 5.89. The van der Waals surface area contributed by atoms with E-state index in [0.717, 1.165) is 10.9 Å². The Balaban J connectivity index is 2.57. The van der Waals surface area contributed by atoms with Crippen molar-refractivity contribution in [3.8, 4) is 0 Å². The van der Waals surface area contributed by atoms with Crippen LogP contribution in [-0.4, -0.2) is 41.5 Å². The molecule has 3 rings (SSSR count). The minimum absolute atomic E-state index is 0.185.